The smallest absolute Gasteiger partial charge is 0.221 e. The first kappa shape index (κ1) is 22.0. The summed E-state index contributed by atoms with van der Waals surface area (Å²) in [6.07, 6.45) is 2.87. The summed E-state index contributed by atoms with van der Waals surface area (Å²) >= 11 is 0. The Bertz CT molecular complexity index is 641. The topological polar surface area (TPSA) is 78.0 Å². The molecule has 1 saturated heterocycles. The van der Waals surface area contributed by atoms with Gasteiger partial charge in [-0.05, 0) is 45.8 Å². The third kappa shape index (κ3) is 6.71. The lowest BCUT2D eigenvalue weighted by molar-refractivity contribution is -0.121. The molecular weight excluding hydrogens is 354 g/mol. The SMILES string of the molecule is CN=C(NCCC(=O)NC(C)C)NCC(c1ccccc1OC)N1CCCC1. The zero-order valence-corrected chi connectivity index (χ0v) is 17.6. The molecule has 1 aromatic rings. The molecule has 0 radical (unpaired) electrons. The van der Waals surface area contributed by atoms with Gasteiger partial charge in [0.15, 0.2) is 5.96 Å². The van der Waals surface area contributed by atoms with E-state index in [1.54, 1.807) is 14.2 Å². The Morgan fingerprint density at radius 2 is 1.93 bits per heavy atom. The zero-order valence-electron chi connectivity index (χ0n) is 17.6. The van der Waals surface area contributed by atoms with E-state index in [-0.39, 0.29) is 18.0 Å². The fourth-order valence-corrected chi connectivity index (χ4v) is 3.53. The number of hydrogen-bond acceptors (Lipinski definition) is 4. The van der Waals surface area contributed by atoms with Crippen LogP contribution in [-0.2, 0) is 4.79 Å². The summed E-state index contributed by atoms with van der Waals surface area (Å²) in [5.74, 6) is 1.66. The van der Waals surface area contributed by atoms with Gasteiger partial charge in [-0.25, -0.2) is 0 Å². The number of nitrogens with zero attached hydrogens (tertiary/aromatic N) is 2. The predicted octanol–water partition coefficient (Wildman–Crippen LogP) is 1.91. The van der Waals surface area contributed by atoms with Crippen LogP contribution in [0.5, 0.6) is 5.75 Å². The number of methoxy groups -OCH3 is 1. The summed E-state index contributed by atoms with van der Waals surface area (Å²) in [6, 6.07) is 8.57. The van der Waals surface area contributed by atoms with E-state index in [1.807, 2.05) is 26.0 Å². The third-order valence-electron chi connectivity index (χ3n) is 4.86. The number of hydrogen-bond donors (Lipinski definition) is 3. The highest BCUT2D eigenvalue weighted by atomic mass is 16.5. The molecule has 7 nitrogen and oxygen atoms in total. The van der Waals surface area contributed by atoms with E-state index >= 15 is 0 Å². The van der Waals surface area contributed by atoms with Crippen molar-refractivity contribution in [1.82, 2.24) is 20.9 Å². The van der Waals surface area contributed by atoms with E-state index in [4.69, 9.17) is 4.74 Å². The van der Waals surface area contributed by atoms with Gasteiger partial charge in [-0.2, -0.15) is 0 Å². The molecule has 1 atom stereocenters. The van der Waals surface area contributed by atoms with Crippen molar-refractivity contribution in [2.24, 2.45) is 4.99 Å². The zero-order chi connectivity index (χ0) is 20.4. The number of carbonyl (C=O) groups is 1. The number of benzene rings is 1. The Balaban J connectivity index is 1.95. The van der Waals surface area contributed by atoms with Gasteiger partial charge in [-0.15, -0.1) is 0 Å². The average Bonchev–Trinajstić information content (AvgIpc) is 3.21. The maximum Gasteiger partial charge on any atom is 0.221 e. The molecule has 0 aliphatic carbocycles. The average molecular weight is 390 g/mol. The summed E-state index contributed by atoms with van der Waals surface area (Å²) in [6.45, 7) is 7.36. The van der Waals surface area contributed by atoms with Crippen molar-refractivity contribution in [2.75, 3.05) is 40.3 Å². The Morgan fingerprint density at radius 1 is 1.21 bits per heavy atom. The van der Waals surface area contributed by atoms with Crippen molar-refractivity contribution in [1.29, 1.82) is 0 Å². The van der Waals surface area contributed by atoms with Crippen LogP contribution in [0.3, 0.4) is 0 Å². The lowest BCUT2D eigenvalue weighted by Crippen LogP contribution is -2.43. The summed E-state index contributed by atoms with van der Waals surface area (Å²) in [5.41, 5.74) is 1.19. The van der Waals surface area contributed by atoms with Crippen molar-refractivity contribution < 1.29 is 9.53 Å². The first-order chi connectivity index (χ1) is 13.5. The molecule has 0 aromatic heterocycles. The van der Waals surface area contributed by atoms with Crippen LogP contribution in [0, 0.1) is 0 Å². The van der Waals surface area contributed by atoms with E-state index in [0.717, 1.165) is 25.4 Å². The second-order valence-electron chi connectivity index (χ2n) is 7.35. The molecule has 156 valence electrons. The molecule has 0 bridgehead atoms. The highest BCUT2D eigenvalue weighted by Gasteiger charge is 2.26. The highest BCUT2D eigenvalue weighted by Crippen LogP contribution is 2.31. The molecule has 1 amide bonds. The lowest BCUT2D eigenvalue weighted by Gasteiger charge is -2.30. The van der Waals surface area contributed by atoms with Gasteiger partial charge < -0.3 is 20.7 Å². The third-order valence-corrected chi connectivity index (χ3v) is 4.86. The molecule has 0 saturated carbocycles. The summed E-state index contributed by atoms with van der Waals surface area (Å²) < 4.78 is 5.60. The summed E-state index contributed by atoms with van der Waals surface area (Å²) in [7, 11) is 3.47. The molecular formula is C21H35N5O2. The quantitative estimate of drug-likeness (QED) is 0.444. The van der Waals surface area contributed by atoms with Crippen molar-refractivity contribution >= 4 is 11.9 Å². The van der Waals surface area contributed by atoms with E-state index in [2.05, 4.69) is 38.0 Å². The second-order valence-corrected chi connectivity index (χ2v) is 7.35. The number of nitrogens with one attached hydrogen (secondary N) is 3. The van der Waals surface area contributed by atoms with Crippen LogP contribution < -0.4 is 20.7 Å². The van der Waals surface area contributed by atoms with Gasteiger partial charge in [0.05, 0.1) is 13.2 Å². The monoisotopic (exact) mass is 389 g/mol. The van der Waals surface area contributed by atoms with Gasteiger partial charge in [-0.1, -0.05) is 18.2 Å². The number of likely N-dealkylation sites (tertiary alicyclic amines) is 1. The van der Waals surface area contributed by atoms with Crippen LogP contribution in [0.1, 0.15) is 44.7 Å². The number of carbonyl (C=O) groups excluding carboxylic acids is 1. The van der Waals surface area contributed by atoms with E-state index in [0.29, 0.717) is 18.9 Å². The number of aliphatic imine (C=N–C) groups is 1. The van der Waals surface area contributed by atoms with Crippen LogP contribution in [0.15, 0.2) is 29.3 Å². The number of guanidine groups is 1. The van der Waals surface area contributed by atoms with Gasteiger partial charge in [0.25, 0.3) is 0 Å². The fraction of sp³-hybridized carbons (Fsp3) is 0.619. The van der Waals surface area contributed by atoms with Crippen molar-refractivity contribution in [3.63, 3.8) is 0 Å². The maximum absolute atomic E-state index is 11.8. The van der Waals surface area contributed by atoms with Crippen molar-refractivity contribution in [3.8, 4) is 5.75 Å². The molecule has 1 aliphatic heterocycles. The Kier molecular flexibility index (Phi) is 9.07. The first-order valence-electron chi connectivity index (χ1n) is 10.2. The molecule has 3 N–H and O–H groups in total. The Hall–Kier alpha value is -2.28. The van der Waals surface area contributed by atoms with Gasteiger partial charge in [0, 0.05) is 38.2 Å². The molecule has 1 aliphatic rings. The van der Waals surface area contributed by atoms with Crippen LogP contribution >= 0.6 is 0 Å². The largest absolute Gasteiger partial charge is 0.496 e. The number of ether oxygens (including phenoxy) is 1. The Morgan fingerprint density at radius 3 is 2.57 bits per heavy atom. The van der Waals surface area contributed by atoms with E-state index < -0.39 is 0 Å². The summed E-state index contributed by atoms with van der Waals surface area (Å²) in [4.78, 5) is 18.6. The normalized spacial score (nSPS) is 16.1. The number of rotatable bonds is 9. The number of para-hydroxylation sites is 1. The number of amides is 1. The van der Waals surface area contributed by atoms with E-state index in [1.165, 1.54) is 18.4 Å². The van der Waals surface area contributed by atoms with Crippen molar-refractivity contribution in [2.45, 2.75) is 45.2 Å². The fourth-order valence-electron chi connectivity index (χ4n) is 3.53. The van der Waals surface area contributed by atoms with Crippen LogP contribution in [0.2, 0.25) is 0 Å². The van der Waals surface area contributed by atoms with E-state index in [9.17, 15) is 4.79 Å². The standard InChI is InChI=1S/C21H35N5O2/c1-16(2)25-20(27)11-12-23-21(22-3)24-15-18(26-13-7-8-14-26)17-9-5-6-10-19(17)28-4/h5-6,9-10,16,18H,7-8,11-15H2,1-4H3,(H,25,27)(H2,22,23,24). The molecule has 1 fully saturated rings. The minimum atomic E-state index is 0.0434. The predicted molar refractivity (Wildman–Crippen MR) is 114 cm³/mol. The van der Waals surface area contributed by atoms with Crippen LogP contribution in [0.25, 0.3) is 0 Å². The molecule has 1 unspecified atom stereocenters. The molecule has 7 heteroatoms. The molecule has 1 aromatic carbocycles. The van der Waals surface area contributed by atoms with Gasteiger partial charge in [-0.3, -0.25) is 14.7 Å². The van der Waals surface area contributed by atoms with Gasteiger partial charge in [0.1, 0.15) is 5.75 Å². The van der Waals surface area contributed by atoms with Crippen molar-refractivity contribution in [3.05, 3.63) is 29.8 Å². The molecule has 2 rings (SSSR count). The minimum absolute atomic E-state index is 0.0434. The molecule has 1 heterocycles. The molecule has 28 heavy (non-hydrogen) atoms. The van der Waals surface area contributed by atoms with Crippen LogP contribution in [-0.4, -0.2) is 63.1 Å². The van der Waals surface area contributed by atoms with Crippen LogP contribution in [0.4, 0.5) is 0 Å². The second kappa shape index (κ2) is 11.5. The first-order valence-corrected chi connectivity index (χ1v) is 10.2. The lowest BCUT2D eigenvalue weighted by atomic mass is 10.0. The maximum atomic E-state index is 11.8. The molecule has 0 spiro atoms. The van der Waals surface area contributed by atoms with Gasteiger partial charge in [0.2, 0.25) is 5.91 Å². The highest BCUT2D eigenvalue weighted by molar-refractivity contribution is 5.81. The summed E-state index contributed by atoms with van der Waals surface area (Å²) in [5, 5.41) is 9.54. The Labute approximate surface area is 168 Å². The minimum Gasteiger partial charge on any atom is -0.496 e. The van der Waals surface area contributed by atoms with Gasteiger partial charge >= 0.3 is 0 Å².